The summed E-state index contributed by atoms with van der Waals surface area (Å²) < 4.78 is 3.30. The Kier molecular flexibility index (Phi) is 5.00. The van der Waals surface area contributed by atoms with Crippen LogP contribution in [0.5, 0.6) is 0 Å². The number of nitrogens with zero attached hydrogens (tertiary/aromatic N) is 4. The van der Waals surface area contributed by atoms with Gasteiger partial charge >= 0.3 is 5.56 Å². The van der Waals surface area contributed by atoms with E-state index in [2.05, 4.69) is 42.2 Å². The smallest absolute Gasteiger partial charge is 0.279 e. The minimum atomic E-state index is -0.223. The molecule has 0 unspecified atom stereocenters. The van der Waals surface area contributed by atoms with E-state index in [9.17, 15) is 4.79 Å². The Balaban J connectivity index is 1.70. The molecule has 0 aliphatic carbocycles. The SMILES string of the molecule is Cc1ccc(C)c(CSc2nnc3c(=O)n(-c4cccc(Cl)c4C)ccn23)c1. The van der Waals surface area contributed by atoms with Gasteiger partial charge in [0, 0.05) is 23.2 Å². The van der Waals surface area contributed by atoms with Crippen LogP contribution in [0.4, 0.5) is 0 Å². The Morgan fingerprint density at radius 1 is 1.07 bits per heavy atom. The highest BCUT2D eigenvalue weighted by Gasteiger charge is 2.14. The summed E-state index contributed by atoms with van der Waals surface area (Å²) in [6.07, 6.45) is 3.56. The molecule has 0 radical (unpaired) electrons. The van der Waals surface area contributed by atoms with Gasteiger partial charge in [-0.15, -0.1) is 10.2 Å². The van der Waals surface area contributed by atoms with Gasteiger partial charge in [0.15, 0.2) is 5.16 Å². The molecule has 0 saturated carbocycles. The number of aromatic nitrogens is 4. The van der Waals surface area contributed by atoms with Crippen LogP contribution in [0.25, 0.3) is 11.3 Å². The average molecular weight is 411 g/mol. The van der Waals surface area contributed by atoms with E-state index < -0.39 is 0 Å². The highest BCUT2D eigenvalue weighted by atomic mass is 35.5. The van der Waals surface area contributed by atoms with Crippen LogP contribution < -0.4 is 5.56 Å². The summed E-state index contributed by atoms with van der Waals surface area (Å²) in [5.41, 5.74) is 5.39. The van der Waals surface area contributed by atoms with Crippen molar-refractivity contribution in [3.8, 4) is 5.69 Å². The van der Waals surface area contributed by atoms with Crippen molar-refractivity contribution in [2.24, 2.45) is 0 Å². The molecule has 0 spiro atoms. The molecule has 4 aromatic rings. The minimum absolute atomic E-state index is 0.223. The van der Waals surface area contributed by atoms with Crippen molar-refractivity contribution >= 4 is 29.0 Å². The number of hydrogen-bond acceptors (Lipinski definition) is 4. The summed E-state index contributed by atoms with van der Waals surface area (Å²) in [5.74, 6) is 0.769. The summed E-state index contributed by atoms with van der Waals surface area (Å²) >= 11 is 7.78. The molecule has 2 aromatic carbocycles. The zero-order valence-corrected chi connectivity index (χ0v) is 17.4. The van der Waals surface area contributed by atoms with Gasteiger partial charge in [-0.25, -0.2) is 0 Å². The lowest BCUT2D eigenvalue weighted by Gasteiger charge is -2.10. The van der Waals surface area contributed by atoms with Gasteiger partial charge in [-0.3, -0.25) is 13.8 Å². The molecule has 0 N–H and O–H groups in total. The lowest BCUT2D eigenvalue weighted by Crippen LogP contribution is -2.21. The molecule has 0 saturated heterocycles. The monoisotopic (exact) mass is 410 g/mol. The summed E-state index contributed by atoms with van der Waals surface area (Å²) in [6, 6.07) is 11.9. The molecule has 7 heteroatoms. The van der Waals surface area contributed by atoms with Crippen molar-refractivity contribution in [3.63, 3.8) is 0 Å². The van der Waals surface area contributed by atoms with Crippen LogP contribution in [0.1, 0.15) is 22.3 Å². The standard InChI is InChI=1S/C21H19ClN4OS/c1-13-7-8-14(2)16(11-13)12-28-21-24-23-19-20(27)25(9-10-26(19)21)18-6-4-5-17(22)15(18)3/h4-11H,12H2,1-3H3. The normalized spacial score (nSPS) is 11.3. The van der Waals surface area contributed by atoms with Gasteiger partial charge in [0.05, 0.1) is 5.69 Å². The van der Waals surface area contributed by atoms with Gasteiger partial charge in [-0.1, -0.05) is 53.2 Å². The van der Waals surface area contributed by atoms with Gasteiger partial charge in [0.25, 0.3) is 0 Å². The number of rotatable bonds is 4. The Labute approximate surface area is 172 Å². The molecule has 2 aromatic heterocycles. The van der Waals surface area contributed by atoms with E-state index in [0.29, 0.717) is 15.8 Å². The number of thioether (sulfide) groups is 1. The fourth-order valence-corrected chi connectivity index (χ4v) is 4.26. The molecule has 0 bridgehead atoms. The van der Waals surface area contributed by atoms with Crippen LogP contribution in [0.2, 0.25) is 5.02 Å². The first-order valence-corrected chi connectivity index (χ1v) is 10.2. The molecule has 5 nitrogen and oxygen atoms in total. The highest BCUT2D eigenvalue weighted by molar-refractivity contribution is 7.98. The Bertz CT molecular complexity index is 1250. The molecule has 142 valence electrons. The third-order valence-corrected chi connectivity index (χ3v) is 6.20. The van der Waals surface area contributed by atoms with Gasteiger partial charge in [-0.2, -0.15) is 0 Å². The van der Waals surface area contributed by atoms with Crippen LogP contribution in [0, 0.1) is 20.8 Å². The molecular weight excluding hydrogens is 392 g/mol. The van der Waals surface area contributed by atoms with Crippen molar-refractivity contribution in [2.45, 2.75) is 31.7 Å². The molecule has 0 aliphatic rings. The first-order chi connectivity index (χ1) is 13.5. The van der Waals surface area contributed by atoms with E-state index in [-0.39, 0.29) is 5.56 Å². The van der Waals surface area contributed by atoms with Crippen molar-refractivity contribution < 1.29 is 0 Å². The lowest BCUT2D eigenvalue weighted by molar-refractivity contribution is 0.890. The second-order valence-electron chi connectivity index (χ2n) is 6.75. The molecule has 0 fully saturated rings. The first kappa shape index (κ1) is 18.8. The third-order valence-electron chi connectivity index (χ3n) is 4.80. The fraction of sp³-hybridized carbons (Fsp3) is 0.190. The summed E-state index contributed by atoms with van der Waals surface area (Å²) in [6.45, 7) is 6.08. The second-order valence-corrected chi connectivity index (χ2v) is 8.10. The predicted octanol–water partition coefficient (Wildman–Crippen LogP) is 4.75. The molecule has 0 amide bonds. The lowest BCUT2D eigenvalue weighted by atomic mass is 10.1. The van der Waals surface area contributed by atoms with Gasteiger partial charge in [-0.05, 0) is 49.6 Å². The number of halogens is 1. The van der Waals surface area contributed by atoms with E-state index in [1.165, 1.54) is 16.7 Å². The van der Waals surface area contributed by atoms with Gasteiger partial charge in [0.1, 0.15) is 0 Å². The Morgan fingerprint density at radius 3 is 2.71 bits per heavy atom. The summed E-state index contributed by atoms with van der Waals surface area (Å²) in [5, 5.41) is 9.69. The van der Waals surface area contributed by atoms with Crippen LogP contribution in [0.15, 0.2) is 58.7 Å². The Morgan fingerprint density at radius 2 is 1.89 bits per heavy atom. The quantitative estimate of drug-likeness (QED) is 0.455. The van der Waals surface area contributed by atoms with E-state index in [0.717, 1.165) is 17.0 Å². The van der Waals surface area contributed by atoms with E-state index >= 15 is 0 Å². The second kappa shape index (κ2) is 7.45. The van der Waals surface area contributed by atoms with Gasteiger partial charge in [0.2, 0.25) is 5.65 Å². The number of aryl methyl sites for hydroxylation is 2. The maximum atomic E-state index is 13.0. The largest absolute Gasteiger partial charge is 0.300 e. The van der Waals surface area contributed by atoms with Crippen LogP contribution in [-0.4, -0.2) is 19.2 Å². The number of hydrogen-bond donors (Lipinski definition) is 0. The van der Waals surface area contributed by atoms with Crippen molar-refractivity contribution in [2.75, 3.05) is 0 Å². The van der Waals surface area contributed by atoms with E-state index in [1.807, 2.05) is 31.3 Å². The van der Waals surface area contributed by atoms with Crippen molar-refractivity contribution in [1.82, 2.24) is 19.2 Å². The number of fused-ring (bicyclic) bond motifs is 1. The Hall–Kier alpha value is -2.57. The zero-order chi connectivity index (χ0) is 19.8. The predicted molar refractivity (Wildman–Crippen MR) is 114 cm³/mol. The topological polar surface area (TPSA) is 52.2 Å². The summed E-state index contributed by atoms with van der Waals surface area (Å²) in [4.78, 5) is 13.0. The molecule has 28 heavy (non-hydrogen) atoms. The van der Waals surface area contributed by atoms with Crippen LogP contribution in [0.3, 0.4) is 0 Å². The van der Waals surface area contributed by atoms with Crippen LogP contribution in [-0.2, 0) is 5.75 Å². The van der Waals surface area contributed by atoms with Gasteiger partial charge < -0.3 is 0 Å². The molecule has 0 aliphatic heterocycles. The third kappa shape index (κ3) is 3.34. The fourth-order valence-electron chi connectivity index (χ4n) is 3.11. The minimum Gasteiger partial charge on any atom is -0.279 e. The zero-order valence-electron chi connectivity index (χ0n) is 15.8. The maximum absolute atomic E-state index is 13.0. The van der Waals surface area contributed by atoms with E-state index in [1.54, 1.807) is 26.9 Å². The highest BCUT2D eigenvalue weighted by Crippen LogP contribution is 2.25. The first-order valence-electron chi connectivity index (χ1n) is 8.86. The van der Waals surface area contributed by atoms with Crippen molar-refractivity contribution in [1.29, 1.82) is 0 Å². The van der Waals surface area contributed by atoms with Crippen LogP contribution >= 0.6 is 23.4 Å². The molecule has 4 rings (SSSR count). The van der Waals surface area contributed by atoms with E-state index in [4.69, 9.17) is 11.6 Å². The molecular formula is C21H19ClN4OS. The summed E-state index contributed by atoms with van der Waals surface area (Å²) in [7, 11) is 0. The maximum Gasteiger partial charge on any atom is 0.300 e. The molecule has 0 atom stereocenters. The number of benzene rings is 2. The van der Waals surface area contributed by atoms with Crippen molar-refractivity contribution in [3.05, 3.63) is 86.4 Å². The molecule has 2 heterocycles. The average Bonchev–Trinajstić information content (AvgIpc) is 3.09.